The van der Waals surface area contributed by atoms with Gasteiger partial charge in [0, 0.05) is 12.1 Å². The van der Waals surface area contributed by atoms with Gasteiger partial charge in [0.1, 0.15) is 6.07 Å². The summed E-state index contributed by atoms with van der Waals surface area (Å²) in [5, 5.41) is 8.93. The number of benzene rings is 1. The maximum atomic E-state index is 12.4. The van der Waals surface area contributed by atoms with Crippen LogP contribution in [0.2, 0.25) is 5.02 Å². The summed E-state index contributed by atoms with van der Waals surface area (Å²) < 4.78 is 27.5. The molecule has 0 spiro atoms. The third kappa shape index (κ3) is 4.68. The van der Waals surface area contributed by atoms with Gasteiger partial charge in [-0.15, -0.1) is 0 Å². The first-order chi connectivity index (χ1) is 9.63. The lowest BCUT2D eigenvalue weighted by atomic mass is 9.92. The first-order valence-electron chi connectivity index (χ1n) is 6.57. The normalized spacial score (nSPS) is 14.7. The minimum absolute atomic E-state index is 0.0231. The van der Waals surface area contributed by atoms with Gasteiger partial charge in [-0.2, -0.15) is 5.26 Å². The van der Waals surface area contributed by atoms with E-state index in [2.05, 4.69) is 4.72 Å². The maximum Gasteiger partial charge on any atom is 0.241 e. The van der Waals surface area contributed by atoms with Crippen LogP contribution in [0.3, 0.4) is 0 Å². The van der Waals surface area contributed by atoms with Crippen LogP contribution >= 0.6 is 11.6 Å². The molecule has 0 amide bonds. The average molecular weight is 330 g/mol. The Kier molecular flexibility index (Phi) is 5.76. The summed E-state index contributed by atoms with van der Waals surface area (Å²) >= 11 is 5.89. The molecule has 0 aromatic heterocycles. The number of nitriles is 1. The van der Waals surface area contributed by atoms with Crippen molar-refractivity contribution >= 4 is 21.6 Å². The van der Waals surface area contributed by atoms with E-state index in [4.69, 9.17) is 22.6 Å². The zero-order valence-corrected chi connectivity index (χ0v) is 13.9. The zero-order valence-electron chi connectivity index (χ0n) is 12.4. The fourth-order valence-corrected chi connectivity index (χ4v) is 3.95. The fourth-order valence-electron chi connectivity index (χ4n) is 2.20. The molecule has 0 heterocycles. The number of hydrogen-bond acceptors (Lipinski definition) is 4. The van der Waals surface area contributed by atoms with Gasteiger partial charge in [-0.3, -0.25) is 0 Å². The predicted molar refractivity (Wildman–Crippen MR) is 83.4 cm³/mol. The number of hydrogen-bond donors (Lipinski definition) is 2. The van der Waals surface area contributed by atoms with E-state index in [1.165, 1.54) is 18.2 Å². The first kappa shape index (κ1) is 17.9. The summed E-state index contributed by atoms with van der Waals surface area (Å²) in [6.07, 6.45) is 0.618. The van der Waals surface area contributed by atoms with Gasteiger partial charge in [-0.1, -0.05) is 25.4 Å². The third-order valence-electron chi connectivity index (χ3n) is 3.06. The molecule has 0 bridgehead atoms. The van der Waals surface area contributed by atoms with Gasteiger partial charge in [0.05, 0.1) is 15.5 Å². The molecule has 116 valence electrons. The predicted octanol–water partition coefficient (Wildman–Crippen LogP) is 2.25. The highest BCUT2D eigenvalue weighted by Crippen LogP contribution is 2.23. The second kappa shape index (κ2) is 6.75. The Hall–Kier alpha value is -1.13. The molecule has 0 aliphatic rings. The molecule has 1 atom stereocenters. The molecular formula is C14H20ClN3O2S. The second-order valence-electron chi connectivity index (χ2n) is 5.72. The van der Waals surface area contributed by atoms with E-state index in [1.54, 1.807) is 6.92 Å². The van der Waals surface area contributed by atoms with Gasteiger partial charge < -0.3 is 5.73 Å². The average Bonchev–Trinajstić information content (AvgIpc) is 2.37. The van der Waals surface area contributed by atoms with E-state index >= 15 is 0 Å². The summed E-state index contributed by atoms with van der Waals surface area (Å²) in [5.74, 6) is 0.297. The molecule has 5 nitrogen and oxygen atoms in total. The van der Waals surface area contributed by atoms with Crippen LogP contribution in [-0.2, 0) is 10.0 Å². The minimum Gasteiger partial charge on any atom is -0.329 e. The number of nitrogens with one attached hydrogen (secondary N) is 1. The Labute approximate surface area is 131 Å². The van der Waals surface area contributed by atoms with Crippen LogP contribution in [0.5, 0.6) is 0 Å². The van der Waals surface area contributed by atoms with Crippen LogP contribution in [0.25, 0.3) is 0 Å². The number of rotatable bonds is 6. The standard InChI is InChI=1S/C14H20ClN3O2S/c1-10(2)7-14(3,9-17)18-21(19,20)12-5-4-11(8-16)13(15)6-12/h4-6,10,18H,7,9,17H2,1-3H3. The van der Waals surface area contributed by atoms with E-state index in [-0.39, 0.29) is 22.0 Å². The molecular weight excluding hydrogens is 310 g/mol. The molecule has 0 fully saturated rings. The maximum absolute atomic E-state index is 12.4. The molecule has 0 saturated carbocycles. The third-order valence-corrected chi connectivity index (χ3v) is 5.01. The molecule has 1 rings (SSSR count). The highest BCUT2D eigenvalue weighted by Gasteiger charge is 2.30. The number of sulfonamides is 1. The number of nitrogens with two attached hydrogens (primary N) is 1. The monoisotopic (exact) mass is 329 g/mol. The van der Waals surface area contributed by atoms with Crippen molar-refractivity contribution in [2.45, 2.75) is 37.6 Å². The molecule has 7 heteroatoms. The smallest absolute Gasteiger partial charge is 0.241 e. The summed E-state index contributed by atoms with van der Waals surface area (Å²) in [6, 6.07) is 5.91. The summed E-state index contributed by atoms with van der Waals surface area (Å²) in [5.41, 5.74) is 5.23. The fraction of sp³-hybridized carbons (Fsp3) is 0.500. The summed E-state index contributed by atoms with van der Waals surface area (Å²) in [6.45, 7) is 5.96. The molecule has 0 saturated heterocycles. The van der Waals surface area contributed by atoms with E-state index < -0.39 is 15.6 Å². The topological polar surface area (TPSA) is 96.0 Å². The first-order valence-corrected chi connectivity index (χ1v) is 8.43. The second-order valence-corrected chi connectivity index (χ2v) is 7.81. The van der Waals surface area contributed by atoms with Crippen molar-refractivity contribution in [2.24, 2.45) is 11.7 Å². The van der Waals surface area contributed by atoms with E-state index in [0.717, 1.165) is 0 Å². The molecule has 1 aromatic carbocycles. The Bertz CT molecular complexity index is 653. The lowest BCUT2D eigenvalue weighted by Gasteiger charge is -2.30. The van der Waals surface area contributed by atoms with Crippen molar-refractivity contribution in [1.29, 1.82) is 5.26 Å². The molecule has 0 aliphatic carbocycles. The van der Waals surface area contributed by atoms with Crippen LogP contribution in [0.15, 0.2) is 23.1 Å². The lowest BCUT2D eigenvalue weighted by molar-refractivity contribution is 0.344. The van der Waals surface area contributed by atoms with Gasteiger partial charge in [0.15, 0.2) is 0 Å². The van der Waals surface area contributed by atoms with Crippen molar-refractivity contribution in [3.63, 3.8) is 0 Å². The van der Waals surface area contributed by atoms with Crippen molar-refractivity contribution < 1.29 is 8.42 Å². The Morgan fingerprint density at radius 1 is 1.48 bits per heavy atom. The van der Waals surface area contributed by atoms with Crippen molar-refractivity contribution in [2.75, 3.05) is 6.54 Å². The quantitative estimate of drug-likeness (QED) is 0.836. The molecule has 21 heavy (non-hydrogen) atoms. The van der Waals surface area contributed by atoms with Crippen LogP contribution in [0.4, 0.5) is 0 Å². The lowest BCUT2D eigenvalue weighted by Crippen LogP contribution is -2.51. The number of nitrogens with zero attached hydrogens (tertiary/aromatic N) is 1. The van der Waals surface area contributed by atoms with E-state index in [9.17, 15) is 8.42 Å². The van der Waals surface area contributed by atoms with Crippen LogP contribution in [-0.4, -0.2) is 20.5 Å². The van der Waals surface area contributed by atoms with Crippen LogP contribution in [0.1, 0.15) is 32.8 Å². The highest BCUT2D eigenvalue weighted by atomic mass is 35.5. The Morgan fingerprint density at radius 3 is 2.52 bits per heavy atom. The molecule has 0 radical (unpaired) electrons. The molecule has 3 N–H and O–H groups in total. The van der Waals surface area contributed by atoms with Gasteiger partial charge in [-0.05, 0) is 37.5 Å². The van der Waals surface area contributed by atoms with Crippen molar-refractivity contribution in [1.82, 2.24) is 4.72 Å². The van der Waals surface area contributed by atoms with Gasteiger partial charge >= 0.3 is 0 Å². The van der Waals surface area contributed by atoms with Gasteiger partial charge in [0.2, 0.25) is 10.0 Å². The van der Waals surface area contributed by atoms with Crippen molar-refractivity contribution in [3.8, 4) is 6.07 Å². The van der Waals surface area contributed by atoms with Crippen LogP contribution < -0.4 is 10.5 Å². The Balaban J connectivity index is 3.11. The zero-order chi connectivity index (χ0) is 16.3. The molecule has 0 aliphatic heterocycles. The summed E-state index contributed by atoms with van der Waals surface area (Å²) in [7, 11) is -3.75. The minimum atomic E-state index is -3.75. The Morgan fingerprint density at radius 2 is 2.10 bits per heavy atom. The summed E-state index contributed by atoms with van der Waals surface area (Å²) in [4.78, 5) is 0.0231. The molecule has 1 unspecified atom stereocenters. The van der Waals surface area contributed by atoms with Gasteiger partial charge in [0.25, 0.3) is 0 Å². The SMILES string of the molecule is CC(C)CC(C)(CN)NS(=O)(=O)c1ccc(C#N)c(Cl)c1. The number of halogens is 1. The van der Waals surface area contributed by atoms with E-state index in [0.29, 0.717) is 12.3 Å². The van der Waals surface area contributed by atoms with E-state index in [1.807, 2.05) is 19.9 Å². The largest absolute Gasteiger partial charge is 0.329 e. The van der Waals surface area contributed by atoms with Crippen molar-refractivity contribution in [3.05, 3.63) is 28.8 Å². The van der Waals surface area contributed by atoms with Gasteiger partial charge in [-0.25, -0.2) is 13.1 Å². The molecule has 1 aromatic rings. The highest BCUT2D eigenvalue weighted by molar-refractivity contribution is 7.89. The van der Waals surface area contributed by atoms with Crippen LogP contribution in [0, 0.1) is 17.2 Å².